The van der Waals surface area contributed by atoms with Gasteiger partial charge in [0.05, 0.1) is 5.25 Å². The summed E-state index contributed by atoms with van der Waals surface area (Å²) < 4.78 is 7.59. The second kappa shape index (κ2) is 12.1. The fraction of sp³-hybridized carbons (Fsp3) is 0.636. The van der Waals surface area contributed by atoms with Crippen LogP contribution >= 0.6 is 11.8 Å². The van der Waals surface area contributed by atoms with Crippen LogP contribution in [-0.4, -0.2) is 50.2 Å². The van der Waals surface area contributed by atoms with Crippen LogP contribution in [0.2, 0.25) is 0 Å². The van der Waals surface area contributed by atoms with Crippen molar-refractivity contribution in [3.8, 4) is 11.4 Å². The van der Waals surface area contributed by atoms with Crippen LogP contribution in [0.3, 0.4) is 0 Å². The second-order valence-corrected chi connectivity index (χ2v) is 9.01. The molecule has 0 spiro atoms. The number of amides is 1. The van der Waals surface area contributed by atoms with Gasteiger partial charge in [-0.2, -0.15) is 0 Å². The minimum atomic E-state index is -0.228. The number of carbonyl (C=O) groups excluding carboxylic acids is 1. The maximum atomic E-state index is 12.8. The summed E-state index contributed by atoms with van der Waals surface area (Å²) in [6, 6.07) is 4.17. The molecule has 7 nitrogen and oxygen atoms in total. The van der Waals surface area contributed by atoms with Crippen LogP contribution in [0, 0.1) is 0 Å². The molecule has 1 amide bonds. The molecule has 2 heterocycles. The van der Waals surface area contributed by atoms with Gasteiger partial charge in [0.2, 0.25) is 5.91 Å². The average molecular weight is 432 g/mol. The summed E-state index contributed by atoms with van der Waals surface area (Å²) in [6.07, 6.45) is 11.5. The number of nitrogens with zero attached hydrogens (tertiary/aromatic N) is 4. The van der Waals surface area contributed by atoms with E-state index in [4.69, 9.17) is 4.74 Å². The van der Waals surface area contributed by atoms with Gasteiger partial charge < -0.3 is 14.6 Å². The van der Waals surface area contributed by atoms with Crippen molar-refractivity contribution in [1.29, 1.82) is 0 Å². The molecule has 0 radical (unpaired) electrons. The Morgan fingerprint density at radius 3 is 2.67 bits per heavy atom. The summed E-state index contributed by atoms with van der Waals surface area (Å²) in [5.41, 5.74) is 0.969. The molecule has 2 aromatic heterocycles. The van der Waals surface area contributed by atoms with Crippen molar-refractivity contribution >= 4 is 17.7 Å². The van der Waals surface area contributed by atoms with Gasteiger partial charge in [-0.05, 0) is 45.2 Å². The summed E-state index contributed by atoms with van der Waals surface area (Å²) in [6.45, 7) is 6.08. The molecule has 1 saturated carbocycles. The lowest BCUT2D eigenvalue weighted by molar-refractivity contribution is -0.121. The van der Waals surface area contributed by atoms with E-state index in [1.54, 1.807) is 12.4 Å². The number of aromatic nitrogens is 4. The van der Waals surface area contributed by atoms with Gasteiger partial charge in [-0.15, -0.1) is 10.2 Å². The zero-order chi connectivity index (χ0) is 21.2. The Morgan fingerprint density at radius 2 is 1.97 bits per heavy atom. The van der Waals surface area contributed by atoms with E-state index in [0.717, 1.165) is 42.4 Å². The van der Waals surface area contributed by atoms with Gasteiger partial charge in [-0.1, -0.05) is 37.4 Å². The number of rotatable bonds is 10. The van der Waals surface area contributed by atoms with Gasteiger partial charge in [-0.3, -0.25) is 9.78 Å². The first-order valence-electron chi connectivity index (χ1n) is 11.1. The standard InChI is InChI=1S/C22H33N5O2S/c1-3-29-16-8-15-27-20(18-11-13-23-14-12-18)25-26-22(27)30-17(2)21(28)24-19-9-6-4-5-7-10-19/h11-14,17,19H,3-10,15-16H2,1-2H3,(H,24,28)/t17-/m1/s1. The first-order valence-corrected chi connectivity index (χ1v) is 12.0. The van der Waals surface area contributed by atoms with Crippen molar-refractivity contribution in [3.05, 3.63) is 24.5 Å². The number of ether oxygens (including phenoxy) is 1. The minimum absolute atomic E-state index is 0.0845. The van der Waals surface area contributed by atoms with Crippen molar-refractivity contribution in [3.63, 3.8) is 0 Å². The van der Waals surface area contributed by atoms with Gasteiger partial charge in [0, 0.05) is 43.8 Å². The Morgan fingerprint density at radius 1 is 1.23 bits per heavy atom. The molecule has 0 aliphatic heterocycles. The lowest BCUT2D eigenvalue weighted by Crippen LogP contribution is -2.39. The van der Waals surface area contributed by atoms with E-state index in [1.807, 2.05) is 26.0 Å². The molecule has 1 aliphatic rings. The molecule has 164 valence electrons. The molecule has 0 aromatic carbocycles. The Labute approximate surface area is 183 Å². The molecule has 0 unspecified atom stereocenters. The van der Waals surface area contributed by atoms with E-state index in [-0.39, 0.29) is 11.2 Å². The van der Waals surface area contributed by atoms with E-state index in [2.05, 4.69) is 25.1 Å². The number of pyridine rings is 1. The minimum Gasteiger partial charge on any atom is -0.382 e. The zero-order valence-corrected chi connectivity index (χ0v) is 18.9. The van der Waals surface area contributed by atoms with Crippen LogP contribution in [0.4, 0.5) is 0 Å². The Hall–Kier alpha value is -1.93. The van der Waals surface area contributed by atoms with Crippen LogP contribution in [0.5, 0.6) is 0 Å². The molecule has 1 atom stereocenters. The third-order valence-corrected chi connectivity index (χ3v) is 6.46. The van der Waals surface area contributed by atoms with Crippen molar-refractivity contribution in [2.45, 2.75) is 81.8 Å². The molecule has 0 bridgehead atoms. The SMILES string of the molecule is CCOCCCn1c(S[C@H](C)C(=O)NC2CCCCCC2)nnc1-c1ccncc1. The largest absolute Gasteiger partial charge is 0.382 e. The maximum Gasteiger partial charge on any atom is 0.233 e. The third-order valence-electron chi connectivity index (χ3n) is 5.38. The molecule has 1 fully saturated rings. The summed E-state index contributed by atoms with van der Waals surface area (Å²) in [7, 11) is 0. The van der Waals surface area contributed by atoms with Gasteiger partial charge in [-0.25, -0.2) is 0 Å². The molecule has 1 N–H and O–H groups in total. The average Bonchev–Trinajstić information content (AvgIpc) is 2.97. The highest BCUT2D eigenvalue weighted by Crippen LogP contribution is 2.27. The zero-order valence-electron chi connectivity index (χ0n) is 18.0. The predicted molar refractivity (Wildman–Crippen MR) is 119 cm³/mol. The predicted octanol–water partition coefficient (Wildman–Crippen LogP) is 4.09. The normalized spacial score (nSPS) is 16.2. The van der Waals surface area contributed by atoms with Crippen LogP contribution in [0.15, 0.2) is 29.7 Å². The third kappa shape index (κ3) is 6.54. The number of carbonyl (C=O) groups is 1. The molecule has 3 rings (SSSR count). The summed E-state index contributed by atoms with van der Waals surface area (Å²) in [4.78, 5) is 16.9. The number of hydrogen-bond donors (Lipinski definition) is 1. The van der Waals surface area contributed by atoms with Crippen molar-refractivity contribution in [2.75, 3.05) is 13.2 Å². The van der Waals surface area contributed by atoms with E-state index in [1.165, 1.54) is 37.4 Å². The Kier molecular flexibility index (Phi) is 9.14. The van der Waals surface area contributed by atoms with Crippen molar-refractivity contribution in [1.82, 2.24) is 25.1 Å². The highest BCUT2D eigenvalue weighted by molar-refractivity contribution is 8.00. The molecule has 30 heavy (non-hydrogen) atoms. The molecule has 8 heteroatoms. The van der Waals surface area contributed by atoms with Crippen LogP contribution in [0.25, 0.3) is 11.4 Å². The Bertz CT molecular complexity index is 775. The number of hydrogen-bond acceptors (Lipinski definition) is 6. The first-order chi connectivity index (χ1) is 14.7. The molecule has 1 aliphatic carbocycles. The van der Waals surface area contributed by atoms with Crippen molar-refractivity contribution in [2.24, 2.45) is 0 Å². The summed E-state index contributed by atoms with van der Waals surface area (Å²) in [5.74, 6) is 0.883. The number of nitrogens with one attached hydrogen (secondary N) is 1. The van der Waals surface area contributed by atoms with Crippen LogP contribution in [0.1, 0.15) is 58.8 Å². The maximum absolute atomic E-state index is 12.8. The first kappa shape index (κ1) is 22.7. The summed E-state index contributed by atoms with van der Waals surface area (Å²) >= 11 is 1.47. The monoisotopic (exact) mass is 431 g/mol. The van der Waals surface area contributed by atoms with E-state index >= 15 is 0 Å². The quantitative estimate of drug-likeness (QED) is 0.347. The lowest BCUT2D eigenvalue weighted by Gasteiger charge is -2.19. The van der Waals surface area contributed by atoms with E-state index < -0.39 is 0 Å². The second-order valence-electron chi connectivity index (χ2n) is 7.70. The van der Waals surface area contributed by atoms with E-state index in [0.29, 0.717) is 19.3 Å². The molecule has 0 saturated heterocycles. The topological polar surface area (TPSA) is 81.9 Å². The number of thioether (sulfide) groups is 1. The van der Waals surface area contributed by atoms with Crippen LogP contribution in [-0.2, 0) is 16.1 Å². The molecular formula is C22H33N5O2S. The summed E-state index contributed by atoms with van der Waals surface area (Å²) in [5, 5.41) is 12.6. The fourth-order valence-electron chi connectivity index (χ4n) is 3.71. The Balaban J connectivity index is 1.68. The van der Waals surface area contributed by atoms with Gasteiger partial charge in [0.15, 0.2) is 11.0 Å². The smallest absolute Gasteiger partial charge is 0.233 e. The fourth-order valence-corrected chi connectivity index (χ4v) is 4.60. The highest BCUT2D eigenvalue weighted by atomic mass is 32.2. The van der Waals surface area contributed by atoms with Crippen LogP contribution < -0.4 is 5.32 Å². The van der Waals surface area contributed by atoms with Gasteiger partial charge in [0.1, 0.15) is 0 Å². The van der Waals surface area contributed by atoms with E-state index in [9.17, 15) is 4.79 Å². The van der Waals surface area contributed by atoms with Gasteiger partial charge in [0.25, 0.3) is 0 Å². The molecule has 2 aromatic rings. The van der Waals surface area contributed by atoms with Crippen molar-refractivity contribution < 1.29 is 9.53 Å². The highest BCUT2D eigenvalue weighted by Gasteiger charge is 2.23. The molecular weight excluding hydrogens is 398 g/mol. The lowest BCUT2D eigenvalue weighted by atomic mass is 10.1. The van der Waals surface area contributed by atoms with Gasteiger partial charge >= 0.3 is 0 Å².